The highest BCUT2D eigenvalue weighted by Gasteiger charge is 2.25. The summed E-state index contributed by atoms with van der Waals surface area (Å²) in [5.41, 5.74) is 6.54. The highest BCUT2D eigenvalue weighted by Crippen LogP contribution is 2.26. The van der Waals surface area contributed by atoms with E-state index in [0.29, 0.717) is 40.6 Å². The average Bonchev–Trinajstić information content (AvgIpc) is 3.37. The zero-order valence-corrected chi connectivity index (χ0v) is 16.4. The fraction of sp³-hybridized carbons (Fsp3) is 0.316. The van der Waals surface area contributed by atoms with Gasteiger partial charge in [0.1, 0.15) is 0 Å². The van der Waals surface area contributed by atoms with Gasteiger partial charge in [0.15, 0.2) is 11.6 Å². The minimum atomic E-state index is -0.393. The molecule has 9 nitrogen and oxygen atoms in total. The van der Waals surface area contributed by atoms with Crippen LogP contribution in [0.3, 0.4) is 0 Å². The molecule has 0 radical (unpaired) electrons. The Labute approximate surface area is 171 Å². The second-order valence-electron chi connectivity index (χ2n) is 6.77. The molecule has 0 saturated carbocycles. The van der Waals surface area contributed by atoms with Crippen LogP contribution in [0.15, 0.2) is 45.0 Å². The van der Waals surface area contributed by atoms with Gasteiger partial charge in [-0.25, -0.2) is 9.97 Å². The van der Waals surface area contributed by atoms with Gasteiger partial charge in [-0.1, -0.05) is 0 Å². The molecular formula is C19H20N6O3S. The van der Waals surface area contributed by atoms with E-state index >= 15 is 0 Å². The van der Waals surface area contributed by atoms with Gasteiger partial charge in [0.25, 0.3) is 11.1 Å². The Balaban J connectivity index is 1.35. The van der Waals surface area contributed by atoms with Crippen molar-refractivity contribution in [2.24, 2.45) is 16.6 Å². The zero-order chi connectivity index (χ0) is 20.2. The summed E-state index contributed by atoms with van der Waals surface area (Å²) in [4.78, 5) is 38.8. The van der Waals surface area contributed by atoms with E-state index in [4.69, 9.17) is 10.2 Å². The molecule has 2 amide bonds. The highest BCUT2D eigenvalue weighted by molar-refractivity contribution is 8.18. The number of furan rings is 1. The summed E-state index contributed by atoms with van der Waals surface area (Å²) < 4.78 is 5.25. The van der Waals surface area contributed by atoms with Crippen LogP contribution in [0, 0.1) is 5.92 Å². The third-order valence-corrected chi connectivity index (χ3v) is 5.59. The van der Waals surface area contributed by atoms with Crippen molar-refractivity contribution in [3.05, 3.63) is 47.0 Å². The minimum absolute atomic E-state index is 0.338. The fourth-order valence-corrected chi connectivity index (χ4v) is 3.86. The van der Waals surface area contributed by atoms with Gasteiger partial charge in [-0.3, -0.25) is 19.9 Å². The van der Waals surface area contributed by atoms with Crippen LogP contribution < -0.4 is 16.0 Å². The van der Waals surface area contributed by atoms with E-state index in [1.165, 1.54) is 0 Å². The number of amidine groups is 1. The lowest BCUT2D eigenvalue weighted by molar-refractivity contribution is -0.115. The van der Waals surface area contributed by atoms with Crippen molar-refractivity contribution in [3.63, 3.8) is 0 Å². The largest absolute Gasteiger partial charge is 0.461 e. The molecule has 0 bridgehead atoms. The van der Waals surface area contributed by atoms with Crippen LogP contribution in [0.2, 0.25) is 0 Å². The lowest BCUT2D eigenvalue weighted by atomic mass is 9.97. The molecule has 2 aliphatic heterocycles. The number of imide groups is 1. The normalized spacial score (nSPS) is 19.8. The van der Waals surface area contributed by atoms with Gasteiger partial charge in [-0.2, -0.15) is 0 Å². The molecule has 2 saturated heterocycles. The second-order valence-corrected chi connectivity index (χ2v) is 7.78. The average molecular weight is 412 g/mol. The summed E-state index contributed by atoms with van der Waals surface area (Å²) in [7, 11) is 0. The summed E-state index contributed by atoms with van der Waals surface area (Å²) in [5.74, 6) is 1.68. The third kappa shape index (κ3) is 4.65. The molecule has 4 rings (SSSR count). The van der Waals surface area contributed by atoms with Gasteiger partial charge in [0.05, 0.1) is 16.9 Å². The summed E-state index contributed by atoms with van der Waals surface area (Å²) >= 11 is 0.875. The highest BCUT2D eigenvalue weighted by atomic mass is 32.2. The van der Waals surface area contributed by atoms with Crippen LogP contribution in [-0.4, -0.2) is 46.6 Å². The first-order valence-corrected chi connectivity index (χ1v) is 10.1. The number of carbonyl (C=O) groups is 2. The van der Waals surface area contributed by atoms with Crippen LogP contribution >= 0.6 is 11.8 Å². The number of piperidine rings is 1. The summed E-state index contributed by atoms with van der Waals surface area (Å²) in [6, 6.07) is 5.30. The molecular weight excluding hydrogens is 392 g/mol. The Hall–Kier alpha value is -3.14. The minimum Gasteiger partial charge on any atom is -0.461 e. The second kappa shape index (κ2) is 8.48. The molecule has 2 aromatic heterocycles. The molecule has 3 N–H and O–H groups in total. The maximum absolute atomic E-state index is 11.7. The van der Waals surface area contributed by atoms with Crippen molar-refractivity contribution in [3.8, 4) is 0 Å². The fourth-order valence-electron chi connectivity index (χ4n) is 3.20. The third-order valence-electron chi connectivity index (χ3n) is 4.78. The van der Waals surface area contributed by atoms with Crippen LogP contribution in [0.5, 0.6) is 0 Å². The first kappa shape index (κ1) is 19.2. The van der Waals surface area contributed by atoms with Gasteiger partial charge in [0.2, 0.25) is 5.95 Å². The zero-order valence-electron chi connectivity index (χ0n) is 15.6. The van der Waals surface area contributed by atoms with Gasteiger partial charge in [-0.05, 0) is 54.8 Å². The van der Waals surface area contributed by atoms with E-state index in [1.54, 1.807) is 36.7 Å². The molecule has 0 atom stereocenters. The lowest BCUT2D eigenvalue weighted by Crippen LogP contribution is -2.36. The predicted octanol–water partition coefficient (Wildman–Crippen LogP) is 2.02. The maximum atomic E-state index is 11.7. The number of aromatic nitrogens is 2. The van der Waals surface area contributed by atoms with E-state index in [2.05, 4.69) is 25.2 Å². The molecule has 150 valence electrons. The van der Waals surface area contributed by atoms with E-state index in [-0.39, 0.29) is 5.24 Å². The Morgan fingerprint density at radius 1 is 1.38 bits per heavy atom. The Morgan fingerprint density at radius 3 is 2.90 bits per heavy atom. The van der Waals surface area contributed by atoms with E-state index < -0.39 is 5.91 Å². The first-order chi connectivity index (χ1) is 14.1. The van der Waals surface area contributed by atoms with Crippen molar-refractivity contribution < 1.29 is 14.0 Å². The van der Waals surface area contributed by atoms with Gasteiger partial charge in [-0.15, -0.1) is 0 Å². The van der Waals surface area contributed by atoms with Crippen LogP contribution in [0.25, 0.3) is 6.08 Å². The number of hydrogen-bond donors (Lipinski definition) is 2. The topological polar surface area (TPSA) is 127 Å². The maximum Gasteiger partial charge on any atom is 0.290 e. The van der Waals surface area contributed by atoms with Crippen molar-refractivity contribution >= 4 is 40.8 Å². The number of amides is 2. The van der Waals surface area contributed by atoms with Crippen molar-refractivity contribution in [1.82, 2.24) is 15.3 Å². The smallest absolute Gasteiger partial charge is 0.290 e. The van der Waals surface area contributed by atoms with Gasteiger partial charge >= 0.3 is 0 Å². The number of anilines is 1. The quantitative estimate of drug-likeness (QED) is 0.434. The van der Waals surface area contributed by atoms with E-state index in [9.17, 15) is 9.59 Å². The number of rotatable bonds is 5. The van der Waals surface area contributed by atoms with E-state index in [0.717, 1.165) is 37.7 Å². The number of nitrogens with two attached hydrogens (primary N) is 1. The summed E-state index contributed by atoms with van der Waals surface area (Å²) in [5, 5.41) is 1.87. The Morgan fingerprint density at radius 2 is 2.21 bits per heavy atom. The van der Waals surface area contributed by atoms with Crippen molar-refractivity contribution in [2.75, 3.05) is 24.5 Å². The Kier molecular flexibility index (Phi) is 5.61. The SMILES string of the molecule is NC(=NCC1CCN(c2nccc(C=C3SC(=O)NC3=O)n2)CC1)c1ccco1. The number of thioether (sulfide) groups is 1. The molecule has 2 aromatic rings. The number of carbonyl (C=O) groups excluding carboxylic acids is 2. The lowest BCUT2D eigenvalue weighted by Gasteiger charge is -2.31. The summed E-state index contributed by atoms with van der Waals surface area (Å²) in [6.07, 6.45) is 6.76. The molecule has 0 aliphatic carbocycles. The molecule has 2 aliphatic rings. The van der Waals surface area contributed by atoms with Crippen molar-refractivity contribution in [1.29, 1.82) is 0 Å². The molecule has 2 fully saturated rings. The molecule has 0 unspecified atom stereocenters. The van der Waals surface area contributed by atoms with Crippen LogP contribution in [0.4, 0.5) is 10.7 Å². The number of nitrogens with one attached hydrogen (secondary N) is 1. The van der Waals surface area contributed by atoms with Gasteiger partial charge in [0, 0.05) is 25.8 Å². The molecule has 29 heavy (non-hydrogen) atoms. The van der Waals surface area contributed by atoms with Crippen LogP contribution in [-0.2, 0) is 4.79 Å². The number of nitrogens with zero attached hydrogens (tertiary/aromatic N) is 4. The summed E-state index contributed by atoms with van der Waals surface area (Å²) in [6.45, 7) is 2.29. The number of hydrogen-bond acceptors (Lipinski definition) is 8. The standard InChI is InChI=1S/C19H20N6O3S/c20-16(14-2-1-9-28-14)22-11-12-4-7-25(8-5-12)18-21-6-3-13(23-18)10-15-17(26)24-19(27)29-15/h1-3,6,9-10,12H,4-5,7-8,11H2,(H2,20,22)(H,24,26,27). The monoisotopic (exact) mass is 412 g/mol. The van der Waals surface area contributed by atoms with E-state index in [1.807, 2.05) is 0 Å². The first-order valence-electron chi connectivity index (χ1n) is 9.25. The van der Waals surface area contributed by atoms with Crippen LogP contribution in [0.1, 0.15) is 24.3 Å². The molecule has 0 aromatic carbocycles. The molecule has 4 heterocycles. The number of aliphatic imine (C=N–C) groups is 1. The van der Waals surface area contributed by atoms with Crippen molar-refractivity contribution in [2.45, 2.75) is 12.8 Å². The Bertz CT molecular complexity index is 964. The predicted molar refractivity (Wildman–Crippen MR) is 110 cm³/mol. The molecule has 0 spiro atoms. The molecule has 10 heteroatoms. The van der Waals surface area contributed by atoms with Gasteiger partial charge < -0.3 is 15.1 Å².